The average Bonchev–Trinajstić information content (AvgIpc) is 2.61. The summed E-state index contributed by atoms with van der Waals surface area (Å²) in [5.74, 6) is 0. The highest BCUT2D eigenvalue weighted by Crippen LogP contribution is 2.07. The third-order valence-electron chi connectivity index (χ3n) is 2.76. The van der Waals surface area contributed by atoms with Gasteiger partial charge >= 0.3 is 0 Å². The van der Waals surface area contributed by atoms with Crippen LogP contribution in [-0.4, -0.2) is 42.6 Å². The maximum atomic E-state index is 3.42. The van der Waals surface area contributed by atoms with Crippen LogP contribution in [0.1, 0.15) is 5.69 Å². The minimum atomic E-state index is 0.646. The number of nitrogens with zero attached hydrogens (tertiary/aromatic N) is 1. The summed E-state index contributed by atoms with van der Waals surface area (Å²) in [6.07, 6.45) is 3.11. The van der Waals surface area contributed by atoms with Crippen LogP contribution in [0.25, 0.3) is 0 Å². The van der Waals surface area contributed by atoms with E-state index >= 15 is 0 Å². The number of piperazine rings is 1. The van der Waals surface area contributed by atoms with E-state index in [2.05, 4.69) is 34.4 Å². The summed E-state index contributed by atoms with van der Waals surface area (Å²) in [6, 6.07) is 4.86. The van der Waals surface area contributed by atoms with Crippen LogP contribution in [0.15, 0.2) is 18.3 Å². The van der Waals surface area contributed by atoms with Gasteiger partial charge in [-0.05, 0) is 19.2 Å². The Balaban J connectivity index is 1.93. The first kappa shape index (κ1) is 8.78. The van der Waals surface area contributed by atoms with E-state index in [-0.39, 0.29) is 0 Å². The number of likely N-dealkylation sites (N-methyl/N-ethyl adjacent to an activating group) is 1. The summed E-state index contributed by atoms with van der Waals surface area (Å²) < 4.78 is 0. The van der Waals surface area contributed by atoms with Crippen LogP contribution < -0.4 is 5.32 Å². The number of hydrogen-bond donors (Lipinski definition) is 2. The highest BCUT2D eigenvalue weighted by molar-refractivity contribution is 5.06. The second kappa shape index (κ2) is 3.94. The molecule has 0 amide bonds. The van der Waals surface area contributed by atoms with Crippen LogP contribution in [0.3, 0.4) is 0 Å². The molecule has 0 saturated carbocycles. The Labute approximate surface area is 79.1 Å². The van der Waals surface area contributed by atoms with Crippen LogP contribution in [0.2, 0.25) is 0 Å². The van der Waals surface area contributed by atoms with Crippen molar-refractivity contribution >= 4 is 0 Å². The Morgan fingerprint density at radius 2 is 2.54 bits per heavy atom. The largest absolute Gasteiger partial charge is 0.365 e. The van der Waals surface area contributed by atoms with Crippen molar-refractivity contribution in [3.63, 3.8) is 0 Å². The number of hydrogen-bond acceptors (Lipinski definition) is 2. The monoisotopic (exact) mass is 179 g/mol. The maximum Gasteiger partial charge on any atom is 0.0272 e. The summed E-state index contributed by atoms with van der Waals surface area (Å²) in [6.45, 7) is 3.39. The van der Waals surface area contributed by atoms with Crippen LogP contribution in [0.4, 0.5) is 0 Å². The van der Waals surface area contributed by atoms with Gasteiger partial charge in [0.2, 0.25) is 0 Å². The molecule has 3 heteroatoms. The minimum Gasteiger partial charge on any atom is -0.365 e. The molecular formula is C10H17N3. The number of aromatic nitrogens is 1. The molecular weight excluding hydrogens is 162 g/mol. The van der Waals surface area contributed by atoms with Crippen molar-refractivity contribution in [1.82, 2.24) is 15.2 Å². The van der Waals surface area contributed by atoms with Crippen molar-refractivity contribution in [3.05, 3.63) is 24.0 Å². The second-order valence-corrected chi connectivity index (χ2v) is 3.74. The molecule has 13 heavy (non-hydrogen) atoms. The first-order valence-corrected chi connectivity index (χ1v) is 4.89. The molecule has 2 N–H and O–H groups in total. The molecule has 72 valence electrons. The summed E-state index contributed by atoms with van der Waals surface area (Å²) in [4.78, 5) is 5.68. The molecule has 1 aromatic heterocycles. The second-order valence-electron chi connectivity index (χ2n) is 3.74. The number of aromatic amines is 1. The van der Waals surface area contributed by atoms with E-state index in [0.717, 1.165) is 26.1 Å². The molecule has 0 aromatic carbocycles. The third kappa shape index (κ3) is 2.11. The minimum absolute atomic E-state index is 0.646. The molecule has 1 aromatic rings. The van der Waals surface area contributed by atoms with Crippen LogP contribution in [0, 0.1) is 0 Å². The predicted molar refractivity (Wildman–Crippen MR) is 53.8 cm³/mol. The molecule has 1 aliphatic heterocycles. The molecule has 2 heterocycles. The van der Waals surface area contributed by atoms with Crippen molar-refractivity contribution in [2.75, 3.05) is 26.7 Å². The lowest BCUT2D eigenvalue weighted by molar-refractivity contribution is 0.198. The van der Waals surface area contributed by atoms with Gasteiger partial charge in [0, 0.05) is 44.0 Å². The summed E-state index contributed by atoms with van der Waals surface area (Å²) in [5, 5.41) is 3.42. The van der Waals surface area contributed by atoms with E-state index in [4.69, 9.17) is 0 Å². The number of nitrogens with one attached hydrogen (secondary N) is 2. The van der Waals surface area contributed by atoms with Crippen molar-refractivity contribution < 1.29 is 0 Å². The van der Waals surface area contributed by atoms with Gasteiger partial charge in [-0.2, -0.15) is 0 Å². The summed E-state index contributed by atoms with van der Waals surface area (Å²) >= 11 is 0. The van der Waals surface area contributed by atoms with Gasteiger partial charge in [-0.3, -0.25) is 0 Å². The molecule has 0 spiro atoms. The van der Waals surface area contributed by atoms with Gasteiger partial charge in [0.05, 0.1) is 0 Å². The normalized spacial score (nSPS) is 24.8. The van der Waals surface area contributed by atoms with Gasteiger partial charge in [0.1, 0.15) is 0 Å². The molecule has 0 aliphatic carbocycles. The Kier molecular flexibility index (Phi) is 2.66. The topological polar surface area (TPSA) is 31.1 Å². The van der Waals surface area contributed by atoms with Gasteiger partial charge in [-0.25, -0.2) is 0 Å². The van der Waals surface area contributed by atoms with Gasteiger partial charge in [-0.1, -0.05) is 0 Å². The molecule has 1 unspecified atom stereocenters. The molecule has 1 atom stereocenters. The zero-order valence-corrected chi connectivity index (χ0v) is 8.09. The third-order valence-corrected chi connectivity index (χ3v) is 2.76. The summed E-state index contributed by atoms with van der Waals surface area (Å²) in [7, 11) is 2.20. The van der Waals surface area contributed by atoms with E-state index in [9.17, 15) is 0 Å². The van der Waals surface area contributed by atoms with E-state index in [1.165, 1.54) is 5.69 Å². The Morgan fingerprint density at radius 3 is 3.23 bits per heavy atom. The highest BCUT2D eigenvalue weighted by atomic mass is 15.2. The molecule has 0 radical (unpaired) electrons. The zero-order chi connectivity index (χ0) is 9.10. The predicted octanol–water partition coefficient (Wildman–Crippen LogP) is 0.461. The maximum absolute atomic E-state index is 3.42. The molecule has 3 nitrogen and oxygen atoms in total. The van der Waals surface area contributed by atoms with Crippen LogP contribution in [-0.2, 0) is 6.42 Å². The molecule has 1 saturated heterocycles. The van der Waals surface area contributed by atoms with E-state index in [1.54, 1.807) is 0 Å². The smallest absolute Gasteiger partial charge is 0.0272 e. The SMILES string of the molecule is CN1CCNCC1Cc1ccc[nH]1. The fourth-order valence-corrected chi connectivity index (χ4v) is 1.84. The van der Waals surface area contributed by atoms with Gasteiger partial charge in [0.15, 0.2) is 0 Å². The fraction of sp³-hybridized carbons (Fsp3) is 0.600. The van der Waals surface area contributed by atoms with E-state index in [0.29, 0.717) is 6.04 Å². The fourth-order valence-electron chi connectivity index (χ4n) is 1.84. The molecule has 0 bridgehead atoms. The standard InChI is InChI=1S/C10H17N3/c1-13-6-5-11-8-10(13)7-9-3-2-4-12-9/h2-4,10-12H,5-8H2,1H3. The first-order valence-electron chi connectivity index (χ1n) is 4.89. The highest BCUT2D eigenvalue weighted by Gasteiger charge is 2.18. The zero-order valence-electron chi connectivity index (χ0n) is 8.09. The lowest BCUT2D eigenvalue weighted by Crippen LogP contribution is -2.50. The van der Waals surface area contributed by atoms with Crippen LogP contribution >= 0.6 is 0 Å². The van der Waals surface area contributed by atoms with Crippen molar-refractivity contribution in [2.24, 2.45) is 0 Å². The van der Waals surface area contributed by atoms with Crippen molar-refractivity contribution in [2.45, 2.75) is 12.5 Å². The quantitative estimate of drug-likeness (QED) is 0.691. The van der Waals surface area contributed by atoms with Crippen molar-refractivity contribution in [1.29, 1.82) is 0 Å². The Morgan fingerprint density at radius 1 is 1.62 bits per heavy atom. The first-order chi connectivity index (χ1) is 6.36. The summed E-state index contributed by atoms with van der Waals surface area (Å²) in [5.41, 5.74) is 1.33. The number of rotatable bonds is 2. The Bertz CT molecular complexity index is 243. The van der Waals surface area contributed by atoms with Gasteiger partial charge in [0.25, 0.3) is 0 Å². The van der Waals surface area contributed by atoms with Crippen molar-refractivity contribution in [3.8, 4) is 0 Å². The molecule has 2 rings (SSSR count). The molecule has 1 fully saturated rings. The van der Waals surface area contributed by atoms with E-state index in [1.807, 2.05) is 6.20 Å². The van der Waals surface area contributed by atoms with Gasteiger partial charge in [-0.15, -0.1) is 0 Å². The van der Waals surface area contributed by atoms with Gasteiger partial charge < -0.3 is 15.2 Å². The van der Waals surface area contributed by atoms with E-state index < -0.39 is 0 Å². The van der Waals surface area contributed by atoms with Crippen LogP contribution in [0.5, 0.6) is 0 Å². The lowest BCUT2D eigenvalue weighted by Gasteiger charge is -2.32. The Hall–Kier alpha value is -0.800. The molecule has 1 aliphatic rings. The lowest BCUT2D eigenvalue weighted by atomic mass is 10.1. The average molecular weight is 179 g/mol. The number of H-pyrrole nitrogens is 1.